The second-order valence-corrected chi connectivity index (χ2v) is 7.71. The summed E-state index contributed by atoms with van der Waals surface area (Å²) in [7, 11) is 5.08. The lowest BCUT2D eigenvalue weighted by Gasteiger charge is -2.15. The highest BCUT2D eigenvalue weighted by atomic mass is 16.5. The van der Waals surface area contributed by atoms with Gasteiger partial charge < -0.3 is 9.47 Å². The Morgan fingerprint density at radius 3 is 2.34 bits per heavy atom. The molecule has 4 rings (SSSR count). The van der Waals surface area contributed by atoms with Crippen LogP contribution in [0.1, 0.15) is 22.4 Å². The number of aromatic nitrogens is 6. The van der Waals surface area contributed by atoms with Crippen LogP contribution in [0.15, 0.2) is 41.2 Å². The highest BCUT2D eigenvalue weighted by Gasteiger charge is 2.17. The molecule has 166 valence electrons. The minimum Gasteiger partial charge on any atom is -0.496 e. The number of methoxy groups -OCH3 is 1. The monoisotopic (exact) mass is 434 g/mol. The molecular formula is C23H26N6O3. The fraction of sp³-hybridized carbons (Fsp3) is 0.304. The predicted octanol–water partition coefficient (Wildman–Crippen LogP) is 2.88. The molecule has 0 bridgehead atoms. The molecule has 0 unspecified atom stereocenters. The maximum Gasteiger partial charge on any atom is 0.368 e. The van der Waals surface area contributed by atoms with Crippen LogP contribution in [-0.2, 0) is 20.7 Å². The first-order valence-electron chi connectivity index (χ1n) is 10.2. The quantitative estimate of drug-likeness (QED) is 0.464. The molecule has 0 atom stereocenters. The Balaban J connectivity index is 1.65. The molecule has 32 heavy (non-hydrogen) atoms. The molecule has 9 nitrogen and oxygen atoms in total. The summed E-state index contributed by atoms with van der Waals surface area (Å²) in [5.74, 6) is 1.34. The van der Waals surface area contributed by atoms with Crippen molar-refractivity contribution in [3.63, 3.8) is 0 Å². The Hall–Kier alpha value is -3.88. The Kier molecular flexibility index (Phi) is 5.56. The van der Waals surface area contributed by atoms with Crippen LogP contribution >= 0.6 is 0 Å². The van der Waals surface area contributed by atoms with Crippen molar-refractivity contribution >= 4 is 0 Å². The first-order valence-corrected chi connectivity index (χ1v) is 10.2. The standard InChI is InChI=1S/C23H26N6O3/c1-14-12-17(22-15(2)16(3)27(4)24-22)10-11-20(14)32-13-18-19(8-7-9-21(18)31-6)29-23(30)28(5)25-26-29/h7-12H,13H2,1-6H3. The van der Waals surface area contributed by atoms with Gasteiger partial charge in [0.05, 0.1) is 24.1 Å². The van der Waals surface area contributed by atoms with Gasteiger partial charge in [-0.2, -0.15) is 14.5 Å². The molecule has 0 amide bonds. The first kappa shape index (κ1) is 21.4. The molecule has 2 aromatic heterocycles. The molecule has 0 spiro atoms. The van der Waals surface area contributed by atoms with Crippen LogP contribution in [0.5, 0.6) is 11.5 Å². The zero-order chi connectivity index (χ0) is 23.0. The van der Waals surface area contributed by atoms with Crippen molar-refractivity contribution in [1.29, 1.82) is 0 Å². The average molecular weight is 435 g/mol. The summed E-state index contributed by atoms with van der Waals surface area (Å²) < 4.78 is 16.0. The number of nitrogens with zero attached hydrogens (tertiary/aromatic N) is 6. The number of hydrogen-bond donors (Lipinski definition) is 0. The average Bonchev–Trinajstić information content (AvgIpc) is 3.25. The Morgan fingerprint density at radius 2 is 1.75 bits per heavy atom. The zero-order valence-electron chi connectivity index (χ0n) is 19.1. The third kappa shape index (κ3) is 3.66. The number of rotatable bonds is 6. The van der Waals surface area contributed by atoms with Gasteiger partial charge in [0.15, 0.2) is 0 Å². The van der Waals surface area contributed by atoms with E-state index in [1.807, 2.05) is 36.9 Å². The van der Waals surface area contributed by atoms with Gasteiger partial charge in [-0.1, -0.05) is 6.07 Å². The highest BCUT2D eigenvalue weighted by molar-refractivity contribution is 5.66. The van der Waals surface area contributed by atoms with Gasteiger partial charge in [-0.3, -0.25) is 4.68 Å². The molecular weight excluding hydrogens is 408 g/mol. The van der Waals surface area contributed by atoms with Gasteiger partial charge in [0.2, 0.25) is 0 Å². The third-order valence-electron chi connectivity index (χ3n) is 5.73. The SMILES string of the molecule is COc1cccc(-n2nnn(C)c2=O)c1COc1ccc(-c2nn(C)c(C)c2C)cc1C. The van der Waals surface area contributed by atoms with Gasteiger partial charge >= 0.3 is 5.69 Å². The van der Waals surface area contributed by atoms with E-state index in [9.17, 15) is 4.79 Å². The van der Waals surface area contributed by atoms with Gasteiger partial charge in [0.1, 0.15) is 18.1 Å². The Bertz CT molecular complexity index is 1350. The fourth-order valence-corrected chi connectivity index (χ4v) is 3.65. The molecule has 0 N–H and O–H groups in total. The largest absolute Gasteiger partial charge is 0.496 e. The van der Waals surface area contributed by atoms with Gasteiger partial charge in [-0.25, -0.2) is 4.79 Å². The van der Waals surface area contributed by atoms with E-state index in [4.69, 9.17) is 9.47 Å². The third-order valence-corrected chi connectivity index (χ3v) is 5.73. The van der Waals surface area contributed by atoms with E-state index in [2.05, 4.69) is 35.4 Å². The summed E-state index contributed by atoms with van der Waals surface area (Å²) in [4.78, 5) is 12.4. The molecule has 0 radical (unpaired) electrons. The summed E-state index contributed by atoms with van der Waals surface area (Å²) in [6.07, 6.45) is 0. The molecule has 0 aliphatic rings. The second-order valence-electron chi connectivity index (χ2n) is 7.71. The van der Waals surface area contributed by atoms with Crippen molar-refractivity contribution in [2.45, 2.75) is 27.4 Å². The molecule has 0 fully saturated rings. The molecule has 2 heterocycles. The van der Waals surface area contributed by atoms with Crippen LogP contribution in [0.25, 0.3) is 16.9 Å². The Morgan fingerprint density at radius 1 is 0.969 bits per heavy atom. The smallest absolute Gasteiger partial charge is 0.368 e. The van der Waals surface area contributed by atoms with Gasteiger partial charge in [-0.05, 0) is 72.7 Å². The van der Waals surface area contributed by atoms with Crippen LogP contribution in [-0.4, -0.2) is 36.7 Å². The van der Waals surface area contributed by atoms with Crippen LogP contribution in [0.3, 0.4) is 0 Å². The maximum atomic E-state index is 12.4. The van der Waals surface area contributed by atoms with E-state index in [1.54, 1.807) is 26.3 Å². The summed E-state index contributed by atoms with van der Waals surface area (Å²) in [5, 5.41) is 12.4. The minimum absolute atomic E-state index is 0.199. The van der Waals surface area contributed by atoms with Gasteiger partial charge in [-0.15, -0.1) is 0 Å². The Labute approximate surface area is 185 Å². The van der Waals surface area contributed by atoms with Crippen molar-refractivity contribution < 1.29 is 9.47 Å². The van der Waals surface area contributed by atoms with Gasteiger partial charge in [0.25, 0.3) is 0 Å². The van der Waals surface area contributed by atoms with E-state index >= 15 is 0 Å². The van der Waals surface area contributed by atoms with Crippen LogP contribution in [0.4, 0.5) is 0 Å². The minimum atomic E-state index is -0.346. The molecule has 0 aliphatic heterocycles. The lowest BCUT2D eigenvalue weighted by molar-refractivity contribution is 0.294. The number of hydrogen-bond acceptors (Lipinski definition) is 6. The van der Waals surface area contributed by atoms with Crippen molar-refractivity contribution in [3.8, 4) is 28.4 Å². The predicted molar refractivity (Wildman–Crippen MR) is 120 cm³/mol. The van der Waals surface area contributed by atoms with E-state index < -0.39 is 0 Å². The van der Waals surface area contributed by atoms with Gasteiger partial charge in [0, 0.05) is 25.4 Å². The lowest BCUT2D eigenvalue weighted by Crippen LogP contribution is -2.23. The number of aryl methyl sites for hydroxylation is 3. The summed E-state index contributed by atoms with van der Waals surface area (Å²) >= 11 is 0. The van der Waals surface area contributed by atoms with Crippen LogP contribution in [0.2, 0.25) is 0 Å². The van der Waals surface area contributed by atoms with E-state index in [0.29, 0.717) is 17.0 Å². The van der Waals surface area contributed by atoms with E-state index in [-0.39, 0.29) is 12.3 Å². The van der Waals surface area contributed by atoms with E-state index in [1.165, 1.54) is 9.36 Å². The number of benzene rings is 2. The highest BCUT2D eigenvalue weighted by Crippen LogP contribution is 2.31. The zero-order valence-corrected chi connectivity index (χ0v) is 19.1. The lowest BCUT2D eigenvalue weighted by atomic mass is 10.0. The normalized spacial score (nSPS) is 11.1. The molecule has 2 aromatic carbocycles. The second kappa shape index (κ2) is 8.33. The molecule has 0 aliphatic carbocycles. The number of tetrazole rings is 1. The van der Waals surface area contributed by atoms with Crippen molar-refractivity contribution in [2.24, 2.45) is 14.1 Å². The summed E-state index contributed by atoms with van der Waals surface area (Å²) in [6.45, 7) is 6.34. The summed E-state index contributed by atoms with van der Waals surface area (Å²) in [6, 6.07) is 11.4. The molecule has 0 saturated carbocycles. The maximum absolute atomic E-state index is 12.4. The fourth-order valence-electron chi connectivity index (χ4n) is 3.65. The van der Waals surface area contributed by atoms with Crippen molar-refractivity contribution in [2.75, 3.05) is 7.11 Å². The summed E-state index contributed by atoms with van der Waals surface area (Å²) in [5.41, 5.74) is 6.22. The van der Waals surface area contributed by atoms with Crippen LogP contribution < -0.4 is 15.2 Å². The van der Waals surface area contributed by atoms with Crippen molar-refractivity contribution in [1.82, 2.24) is 29.6 Å². The topological polar surface area (TPSA) is 89.0 Å². The molecule has 0 saturated heterocycles. The van der Waals surface area contributed by atoms with Crippen molar-refractivity contribution in [3.05, 3.63) is 69.3 Å². The molecule has 9 heteroatoms. The molecule has 4 aromatic rings. The van der Waals surface area contributed by atoms with Crippen LogP contribution in [0, 0.1) is 20.8 Å². The van der Waals surface area contributed by atoms with E-state index in [0.717, 1.165) is 33.8 Å². The first-order chi connectivity index (χ1) is 15.3. The number of ether oxygens (including phenoxy) is 2.